The van der Waals surface area contributed by atoms with Gasteiger partial charge in [-0.05, 0) is 144 Å². The fraction of sp³-hybridized carbons (Fsp3) is 0.0968. The summed E-state index contributed by atoms with van der Waals surface area (Å²) in [7, 11) is 0. The quantitative estimate of drug-likeness (QED) is 0.138. The largest absolute Gasteiger partial charge is 0.310 e. The molecule has 0 aliphatic heterocycles. The summed E-state index contributed by atoms with van der Waals surface area (Å²) in [4.78, 5) is 2.38. The van der Waals surface area contributed by atoms with Gasteiger partial charge in [0.2, 0.25) is 0 Å². The van der Waals surface area contributed by atoms with Crippen LogP contribution in [0.1, 0.15) is 71.2 Å². The van der Waals surface area contributed by atoms with Crippen LogP contribution in [0.15, 0.2) is 212 Å². The van der Waals surface area contributed by atoms with Crippen molar-refractivity contribution in [1.82, 2.24) is 0 Å². The van der Waals surface area contributed by atoms with Crippen LogP contribution in [0, 0.1) is 0 Å². The number of rotatable bonds is 8. The summed E-state index contributed by atoms with van der Waals surface area (Å²) in [6, 6.07) is 79.0. The Morgan fingerprint density at radius 2 is 0.762 bits per heavy atom. The zero-order valence-electron chi connectivity index (χ0n) is 35.7. The second-order valence-corrected chi connectivity index (χ2v) is 17.4. The van der Waals surface area contributed by atoms with Crippen LogP contribution in [0.2, 0.25) is 0 Å². The first-order valence-corrected chi connectivity index (χ1v) is 22.5. The lowest BCUT2D eigenvalue weighted by Crippen LogP contribution is -2.25. The molecule has 9 aromatic rings. The SMILES string of the molecule is CCC1(CC)c2cc(/C=C/c3ccc(-c4ccc5c(c4)C4(c6ccccc6-c6ccccc64)c4ccccc4-5)cc3)ccc2-c2ccc(N(c3ccccc3)c3ccccc3)cc21. The standard InChI is InChI=1S/C62H47N/c1-3-61(4-2)58-39-43(31-36-52(58)53-38-35-48(41-59(53)61)63(46-17-7-5-8-18-46)47-19-9-6-10-20-47)28-27-42-29-32-44(33-30-42)45-34-37-54-51-23-13-16-26-57(51)62(60(54)40-45)55-24-14-11-21-49(55)50-22-12-15-25-56(50)62/h5-41H,3-4H2,1-2H3/b28-27+. The van der Waals surface area contributed by atoms with Crippen LogP contribution in [0.25, 0.3) is 56.7 Å². The first-order chi connectivity index (χ1) is 31.1. The second kappa shape index (κ2) is 14.6. The van der Waals surface area contributed by atoms with Gasteiger partial charge in [-0.2, -0.15) is 0 Å². The molecule has 0 radical (unpaired) electrons. The highest BCUT2D eigenvalue weighted by molar-refractivity contribution is 5.96. The lowest BCUT2D eigenvalue weighted by atomic mass is 9.70. The molecule has 3 aliphatic carbocycles. The summed E-state index contributed by atoms with van der Waals surface area (Å²) in [6.07, 6.45) is 6.63. The Bertz CT molecular complexity index is 3140. The molecule has 12 rings (SSSR count). The summed E-state index contributed by atoms with van der Waals surface area (Å²) in [5.41, 5.74) is 24.4. The molecule has 0 aromatic heterocycles. The Morgan fingerprint density at radius 1 is 0.333 bits per heavy atom. The molecule has 0 heterocycles. The van der Waals surface area contributed by atoms with E-state index < -0.39 is 0 Å². The molecule has 0 fully saturated rings. The smallest absolute Gasteiger partial charge is 0.0725 e. The molecule has 1 heteroatoms. The van der Waals surface area contributed by atoms with Gasteiger partial charge in [-0.1, -0.05) is 196 Å². The van der Waals surface area contributed by atoms with E-state index in [9.17, 15) is 0 Å². The van der Waals surface area contributed by atoms with Gasteiger partial charge >= 0.3 is 0 Å². The number of para-hydroxylation sites is 2. The summed E-state index contributed by atoms with van der Waals surface area (Å²) >= 11 is 0. The predicted octanol–water partition coefficient (Wildman–Crippen LogP) is 16.4. The van der Waals surface area contributed by atoms with Crippen molar-refractivity contribution in [2.75, 3.05) is 4.90 Å². The van der Waals surface area contributed by atoms with E-state index in [1.807, 2.05) is 0 Å². The van der Waals surface area contributed by atoms with Crippen LogP contribution >= 0.6 is 0 Å². The van der Waals surface area contributed by atoms with Crippen molar-refractivity contribution in [2.24, 2.45) is 0 Å². The van der Waals surface area contributed by atoms with E-state index in [4.69, 9.17) is 0 Å². The van der Waals surface area contributed by atoms with Gasteiger partial charge in [0.05, 0.1) is 5.41 Å². The molecule has 0 saturated heterocycles. The molecule has 1 nitrogen and oxygen atoms in total. The van der Waals surface area contributed by atoms with E-state index in [-0.39, 0.29) is 10.8 Å². The topological polar surface area (TPSA) is 3.24 Å². The lowest BCUT2D eigenvalue weighted by molar-refractivity contribution is 0.490. The minimum atomic E-state index is -0.338. The third kappa shape index (κ3) is 5.49. The van der Waals surface area contributed by atoms with Crippen molar-refractivity contribution in [2.45, 2.75) is 37.5 Å². The van der Waals surface area contributed by atoms with E-state index in [1.54, 1.807) is 0 Å². The third-order valence-electron chi connectivity index (χ3n) is 14.6. The highest BCUT2D eigenvalue weighted by Gasteiger charge is 2.51. The maximum atomic E-state index is 2.47. The molecule has 63 heavy (non-hydrogen) atoms. The summed E-state index contributed by atoms with van der Waals surface area (Å²) < 4.78 is 0. The zero-order valence-corrected chi connectivity index (χ0v) is 35.7. The number of hydrogen-bond donors (Lipinski definition) is 0. The van der Waals surface area contributed by atoms with Crippen molar-refractivity contribution in [1.29, 1.82) is 0 Å². The van der Waals surface area contributed by atoms with Gasteiger partial charge in [-0.15, -0.1) is 0 Å². The van der Waals surface area contributed by atoms with Gasteiger partial charge in [0.25, 0.3) is 0 Å². The maximum absolute atomic E-state index is 2.47. The Labute approximate surface area is 371 Å². The molecule has 0 saturated carbocycles. The Morgan fingerprint density at radius 3 is 1.33 bits per heavy atom. The molecule has 3 aliphatic rings. The molecule has 300 valence electrons. The Balaban J connectivity index is 0.864. The van der Waals surface area contributed by atoms with E-state index in [2.05, 4.69) is 243 Å². The second-order valence-electron chi connectivity index (χ2n) is 17.4. The van der Waals surface area contributed by atoms with Crippen LogP contribution in [-0.2, 0) is 10.8 Å². The zero-order chi connectivity index (χ0) is 42.1. The van der Waals surface area contributed by atoms with Crippen LogP contribution in [0.5, 0.6) is 0 Å². The minimum Gasteiger partial charge on any atom is -0.310 e. The number of fused-ring (bicyclic) bond motifs is 13. The number of nitrogens with zero attached hydrogens (tertiary/aromatic N) is 1. The van der Waals surface area contributed by atoms with Crippen LogP contribution in [0.3, 0.4) is 0 Å². The third-order valence-corrected chi connectivity index (χ3v) is 14.6. The van der Waals surface area contributed by atoms with Crippen molar-refractivity contribution in [3.63, 3.8) is 0 Å². The lowest BCUT2D eigenvalue weighted by Gasteiger charge is -2.32. The van der Waals surface area contributed by atoms with E-state index in [0.29, 0.717) is 0 Å². The molecule has 0 amide bonds. The van der Waals surface area contributed by atoms with E-state index in [1.165, 1.54) is 94.7 Å². The van der Waals surface area contributed by atoms with Crippen LogP contribution in [0.4, 0.5) is 17.1 Å². The van der Waals surface area contributed by atoms with Gasteiger partial charge in [0.15, 0.2) is 0 Å². The average molecular weight is 806 g/mol. The van der Waals surface area contributed by atoms with Gasteiger partial charge in [-0.3, -0.25) is 0 Å². The van der Waals surface area contributed by atoms with Gasteiger partial charge in [-0.25, -0.2) is 0 Å². The molecular formula is C62H47N. The molecular weight excluding hydrogens is 759 g/mol. The minimum absolute atomic E-state index is 0.0658. The molecule has 0 N–H and O–H groups in total. The van der Waals surface area contributed by atoms with Crippen molar-refractivity contribution < 1.29 is 0 Å². The van der Waals surface area contributed by atoms with Crippen molar-refractivity contribution in [3.8, 4) is 44.5 Å². The maximum Gasteiger partial charge on any atom is 0.0725 e. The normalized spacial score (nSPS) is 14.2. The Hall–Kier alpha value is -7.48. The van der Waals surface area contributed by atoms with Crippen molar-refractivity contribution in [3.05, 3.63) is 257 Å². The molecule has 0 unspecified atom stereocenters. The fourth-order valence-electron chi connectivity index (χ4n) is 11.6. The monoisotopic (exact) mass is 805 g/mol. The van der Waals surface area contributed by atoms with E-state index >= 15 is 0 Å². The van der Waals surface area contributed by atoms with Gasteiger partial charge in [0.1, 0.15) is 0 Å². The fourth-order valence-corrected chi connectivity index (χ4v) is 11.6. The van der Waals surface area contributed by atoms with Gasteiger partial charge in [0, 0.05) is 22.5 Å². The highest BCUT2D eigenvalue weighted by atomic mass is 15.1. The number of hydrogen-bond acceptors (Lipinski definition) is 1. The molecule has 0 bridgehead atoms. The summed E-state index contributed by atoms with van der Waals surface area (Å²) in [5, 5.41) is 0. The predicted molar refractivity (Wildman–Crippen MR) is 265 cm³/mol. The molecule has 9 aromatic carbocycles. The number of benzene rings is 9. The van der Waals surface area contributed by atoms with E-state index in [0.717, 1.165) is 24.2 Å². The summed E-state index contributed by atoms with van der Waals surface area (Å²) in [5.74, 6) is 0. The number of anilines is 3. The Kier molecular flexibility index (Phi) is 8.63. The average Bonchev–Trinajstić information content (AvgIpc) is 3.93. The highest BCUT2D eigenvalue weighted by Crippen LogP contribution is 2.63. The van der Waals surface area contributed by atoms with Gasteiger partial charge < -0.3 is 4.90 Å². The molecule has 0 atom stereocenters. The summed E-state index contributed by atoms with van der Waals surface area (Å²) in [6.45, 7) is 4.72. The van der Waals surface area contributed by atoms with Crippen molar-refractivity contribution >= 4 is 29.2 Å². The first-order valence-electron chi connectivity index (χ1n) is 22.5. The van der Waals surface area contributed by atoms with Crippen LogP contribution in [-0.4, -0.2) is 0 Å². The molecule has 1 spiro atoms. The first kappa shape index (κ1) is 37.3. The van der Waals surface area contributed by atoms with Crippen LogP contribution < -0.4 is 4.90 Å².